The molecule has 0 saturated heterocycles. The van der Waals surface area contributed by atoms with Crippen LogP contribution in [0, 0.1) is 0 Å². The molecule has 0 bridgehead atoms. The van der Waals surface area contributed by atoms with E-state index in [4.69, 9.17) is 4.84 Å². The predicted octanol–water partition coefficient (Wildman–Crippen LogP) is 8.65. The molecular weight excluding hydrogens is 545 g/mol. The van der Waals surface area contributed by atoms with Crippen molar-refractivity contribution in [1.29, 1.82) is 0 Å². The molecule has 0 aliphatic rings. The molecule has 0 fully saturated rings. The van der Waals surface area contributed by atoms with Gasteiger partial charge in [0, 0.05) is 24.6 Å². The summed E-state index contributed by atoms with van der Waals surface area (Å²) in [6, 6.07) is 10.2. The first-order chi connectivity index (χ1) is 20.1. The lowest BCUT2D eigenvalue weighted by Crippen LogP contribution is -2.32. The second-order valence-electron chi connectivity index (χ2n) is 10.7. The summed E-state index contributed by atoms with van der Waals surface area (Å²) < 4.78 is 38.5. The number of nitrogens with one attached hydrogen (secondary N) is 1. The highest BCUT2D eigenvalue weighted by atomic mass is 19.4. The summed E-state index contributed by atoms with van der Waals surface area (Å²) in [6.45, 7) is 3.82. The number of halogens is 3. The molecule has 9 heteroatoms. The van der Waals surface area contributed by atoms with Crippen molar-refractivity contribution in [1.82, 2.24) is 10.4 Å². The molecule has 0 radical (unpaired) electrons. The summed E-state index contributed by atoms with van der Waals surface area (Å²) in [5.41, 5.74) is 0.0838. The van der Waals surface area contributed by atoms with Crippen molar-refractivity contribution in [2.45, 2.75) is 110 Å². The molecule has 2 aromatic rings. The van der Waals surface area contributed by atoms with E-state index in [1.807, 2.05) is 0 Å². The van der Waals surface area contributed by atoms with Crippen molar-refractivity contribution in [3.63, 3.8) is 0 Å². The van der Waals surface area contributed by atoms with Crippen LogP contribution in [0.3, 0.4) is 0 Å². The lowest BCUT2D eigenvalue weighted by atomic mass is 10.0. The zero-order valence-electron chi connectivity index (χ0n) is 24.9. The molecule has 0 heterocycles. The third kappa shape index (κ3) is 13.5. The third-order valence-corrected chi connectivity index (χ3v) is 7.03. The molecule has 0 aliphatic heterocycles. The van der Waals surface area contributed by atoms with Gasteiger partial charge < -0.3 is 10.2 Å². The van der Waals surface area contributed by atoms with Gasteiger partial charge in [0.1, 0.15) is 0 Å². The highest BCUT2D eigenvalue weighted by Crippen LogP contribution is 2.29. The van der Waals surface area contributed by atoms with E-state index >= 15 is 0 Å². The van der Waals surface area contributed by atoms with Gasteiger partial charge in [0.2, 0.25) is 0 Å². The van der Waals surface area contributed by atoms with E-state index in [1.165, 1.54) is 70.6 Å². The Hall–Kier alpha value is -3.36. The van der Waals surface area contributed by atoms with Crippen molar-refractivity contribution in [3.05, 3.63) is 70.8 Å². The zero-order valence-corrected chi connectivity index (χ0v) is 24.9. The molecule has 42 heavy (non-hydrogen) atoms. The van der Waals surface area contributed by atoms with Gasteiger partial charge in [-0.2, -0.15) is 18.2 Å². The molecule has 0 spiro atoms. The standard InChI is InChI=1S/C33H45F3N2O4/c1-3-4-5-6-7-8-9-10-11-12-13-14-15-24-37-31(40)28-18-16-27(17-19-28)25-38(42-26(2)39)32(41)29-20-22-30(23-21-29)33(34,35)36/h16-23H,3-15,24-25H2,1-2H3,(H,37,40). The second-order valence-corrected chi connectivity index (χ2v) is 10.7. The topological polar surface area (TPSA) is 75.7 Å². The molecule has 2 aromatic carbocycles. The number of alkyl halides is 3. The van der Waals surface area contributed by atoms with Crippen LogP contribution in [-0.2, 0) is 22.4 Å². The van der Waals surface area contributed by atoms with Crippen molar-refractivity contribution >= 4 is 17.8 Å². The number of carbonyl (C=O) groups is 3. The SMILES string of the molecule is CCCCCCCCCCCCCCCNC(=O)c1ccc(CN(OC(C)=O)C(=O)c2ccc(C(F)(F)F)cc2)cc1. The van der Waals surface area contributed by atoms with E-state index in [0.717, 1.165) is 49.1 Å². The maximum Gasteiger partial charge on any atom is 0.416 e. The van der Waals surface area contributed by atoms with Crippen LogP contribution < -0.4 is 5.32 Å². The van der Waals surface area contributed by atoms with Gasteiger partial charge in [-0.05, 0) is 48.4 Å². The highest BCUT2D eigenvalue weighted by molar-refractivity contribution is 5.95. The molecular formula is C33H45F3N2O4. The van der Waals surface area contributed by atoms with Crippen molar-refractivity contribution in [2.24, 2.45) is 0 Å². The highest BCUT2D eigenvalue weighted by Gasteiger charge is 2.30. The molecule has 1 N–H and O–H groups in total. The van der Waals surface area contributed by atoms with Gasteiger partial charge in [-0.15, -0.1) is 0 Å². The Labute approximate surface area is 248 Å². The van der Waals surface area contributed by atoms with Gasteiger partial charge in [0.15, 0.2) is 0 Å². The molecule has 6 nitrogen and oxygen atoms in total. The molecule has 0 atom stereocenters. The number of hydroxylamine groups is 2. The largest absolute Gasteiger partial charge is 0.416 e. The first kappa shape index (κ1) is 34.8. The Morgan fingerprint density at radius 1 is 0.714 bits per heavy atom. The first-order valence-electron chi connectivity index (χ1n) is 15.2. The van der Waals surface area contributed by atoms with Crippen LogP contribution >= 0.6 is 0 Å². The average molecular weight is 591 g/mol. The minimum absolute atomic E-state index is 0.0617. The van der Waals surface area contributed by atoms with Crippen LogP contribution in [0.1, 0.15) is 129 Å². The number of hydrogen-bond acceptors (Lipinski definition) is 4. The predicted molar refractivity (Wildman–Crippen MR) is 158 cm³/mol. The summed E-state index contributed by atoms with van der Waals surface area (Å²) >= 11 is 0. The molecule has 232 valence electrons. The smallest absolute Gasteiger partial charge is 0.352 e. The summed E-state index contributed by atoms with van der Waals surface area (Å²) in [7, 11) is 0. The van der Waals surface area contributed by atoms with E-state index in [2.05, 4.69) is 12.2 Å². The fourth-order valence-corrected chi connectivity index (χ4v) is 4.62. The van der Waals surface area contributed by atoms with Crippen LogP contribution in [0.5, 0.6) is 0 Å². The number of benzene rings is 2. The maximum absolute atomic E-state index is 12.8. The number of hydrogen-bond donors (Lipinski definition) is 1. The molecule has 0 aromatic heterocycles. The minimum Gasteiger partial charge on any atom is -0.352 e. The maximum atomic E-state index is 12.8. The Morgan fingerprint density at radius 2 is 1.19 bits per heavy atom. The summed E-state index contributed by atoms with van der Waals surface area (Å²) in [5.74, 6) is -1.71. The third-order valence-electron chi connectivity index (χ3n) is 7.03. The van der Waals surface area contributed by atoms with Crippen LogP contribution in [-0.4, -0.2) is 29.4 Å². The van der Waals surface area contributed by atoms with E-state index in [9.17, 15) is 27.6 Å². The van der Waals surface area contributed by atoms with Crippen LogP contribution in [0.2, 0.25) is 0 Å². The first-order valence-corrected chi connectivity index (χ1v) is 15.2. The second kappa shape index (κ2) is 18.9. The zero-order chi connectivity index (χ0) is 30.8. The summed E-state index contributed by atoms with van der Waals surface area (Å²) in [6.07, 6.45) is 11.9. The Balaban J connectivity index is 1.71. The average Bonchev–Trinajstić information content (AvgIpc) is 2.96. The molecule has 0 unspecified atom stereocenters. The number of amides is 2. The lowest BCUT2D eigenvalue weighted by Gasteiger charge is -2.21. The fourth-order valence-electron chi connectivity index (χ4n) is 4.62. The Morgan fingerprint density at radius 3 is 1.67 bits per heavy atom. The Bertz CT molecular complexity index is 1090. The van der Waals surface area contributed by atoms with E-state index in [-0.39, 0.29) is 18.0 Å². The van der Waals surface area contributed by atoms with E-state index in [1.54, 1.807) is 24.3 Å². The van der Waals surface area contributed by atoms with Gasteiger partial charge in [-0.25, -0.2) is 0 Å². The van der Waals surface area contributed by atoms with Crippen LogP contribution in [0.4, 0.5) is 13.2 Å². The molecule has 0 saturated carbocycles. The van der Waals surface area contributed by atoms with E-state index < -0.39 is 23.6 Å². The van der Waals surface area contributed by atoms with E-state index in [0.29, 0.717) is 17.7 Å². The van der Waals surface area contributed by atoms with Gasteiger partial charge in [0.25, 0.3) is 11.8 Å². The van der Waals surface area contributed by atoms with Gasteiger partial charge in [-0.1, -0.05) is 96.1 Å². The molecule has 0 aliphatic carbocycles. The molecule has 2 amide bonds. The van der Waals surface area contributed by atoms with Crippen LogP contribution in [0.15, 0.2) is 48.5 Å². The number of rotatable bonds is 18. The quantitative estimate of drug-likeness (QED) is 0.139. The van der Waals surface area contributed by atoms with Gasteiger partial charge in [0.05, 0.1) is 12.1 Å². The summed E-state index contributed by atoms with van der Waals surface area (Å²) in [5, 5.41) is 3.71. The van der Waals surface area contributed by atoms with Gasteiger partial charge >= 0.3 is 12.1 Å². The number of carbonyl (C=O) groups excluding carboxylic acids is 3. The molecule has 2 rings (SSSR count). The van der Waals surface area contributed by atoms with Crippen molar-refractivity contribution in [2.75, 3.05) is 6.54 Å². The van der Waals surface area contributed by atoms with Gasteiger partial charge in [-0.3, -0.25) is 14.4 Å². The lowest BCUT2D eigenvalue weighted by molar-refractivity contribution is -0.177. The Kier molecular flexibility index (Phi) is 15.7. The monoisotopic (exact) mass is 590 g/mol. The summed E-state index contributed by atoms with van der Waals surface area (Å²) in [4.78, 5) is 41.9. The number of unbranched alkanes of at least 4 members (excludes halogenated alkanes) is 12. The minimum atomic E-state index is -4.53. The van der Waals surface area contributed by atoms with Crippen LogP contribution in [0.25, 0.3) is 0 Å². The van der Waals surface area contributed by atoms with Crippen molar-refractivity contribution in [3.8, 4) is 0 Å². The fraction of sp³-hybridized carbons (Fsp3) is 0.545. The van der Waals surface area contributed by atoms with Crippen molar-refractivity contribution < 1.29 is 32.4 Å². The normalized spacial score (nSPS) is 11.3. The number of nitrogens with zero attached hydrogens (tertiary/aromatic N) is 1.